The highest BCUT2D eigenvalue weighted by atomic mass is 32.2. The maximum atomic E-state index is 12.3. The van der Waals surface area contributed by atoms with Crippen LogP contribution in [0.15, 0.2) is 29.2 Å². The third-order valence-electron chi connectivity index (χ3n) is 3.92. The average Bonchev–Trinajstić information content (AvgIpc) is 2.54. The standard InChI is InChI=1S/C16H25NO3S/c1-13(2)7-8-15(18)12-17-9-10-21(19,20)16-6-4-3-5-14(16)11-17/h3-6,13,15,18H,7-12H2,1-2H3/t15-/m1/s1. The van der Waals surface area contributed by atoms with Crippen molar-refractivity contribution in [2.24, 2.45) is 5.92 Å². The molecule has 0 saturated carbocycles. The van der Waals surface area contributed by atoms with Gasteiger partial charge in [-0.2, -0.15) is 0 Å². The van der Waals surface area contributed by atoms with Gasteiger partial charge < -0.3 is 5.11 Å². The van der Waals surface area contributed by atoms with E-state index in [-0.39, 0.29) is 11.9 Å². The molecule has 0 aromatic heterocycles. The summed E-state index contributed by atoms with van der Waals surface area (Å²) in [4.78, 5) is 2.50. The number of sulfone groups is 1. The zero-order valence-corrected chi connectivity index (χ0v) is 13.6. The summed E-state index contributed by atoms with van der Waals surface area (Å²) >= 11 is 0. The summed E-state index contributed by atoms with van der Waals surface area (Å²) in [6.45, 7) is 5.89. The van der Waals surface area contributed by atoms with E-state index in [2.05, 4.69) is 13.8 Å². The van der Waals surface area contributed by atoms with E-state index in [4.69, 9.17) is 0 Å². The molecule has 2 rings (SSSR count). The number of β-amino-alcohol motifs (C(OH)–C–C–N with tert-alkyl or cyclic N) is 1. The molecule has 1 heterocycles. The Kier molecular flexibility index (Phi) is 5.41. The van der Waals surface area contributed by atoms with Gasteiger partial charge in [0.1, 0.15) is 0 Å². The number of hydrogen-bond acceptors (Lipinski definition) is 4. The average molecular weight is 311 g/mol. The zero-order chi connectivity index (χ0) is 15.5. The van der Waals surface area contributed by atoms with Crippen LogP contribution in [0.3, 0.4) is 0 Å². The van der Waals surface area contributed by atoms with Gasteiger partial charge in [-0.25, -0.2) is 8.42 Å². The van der Waals surface area contributed by atoms with Crippen LogP contribution in [0.5, 0.6) is 0 Å². The summed E-state index contributed by atoms with van der Waals surface area (Å²) in [6, 6.07) is 7.19. The fraction of sp³-hybridized carbons (Fsp3) is 0.625. The smallest absolute Gasteiger partial charge is 0.179 e. The number of benzene rings is 1. The van der Waals surface area contributed by atoms with E-state index in [1.165, 1.54) is 0 Å². The van der Waals surface area contributed by atoms with Gasteiger partial charge in [-0.15, -0.1) is 0 Å². The molecule has 1 atom stereocenters. The normalized spacial score (nSPS) is 20.0. The molecule has 1 aromatic carbocycles. The Hall–Kier alpha value is -0.910. The monoisotopic (exact) mass is 311 g/mol. The second-order valence-corrected chi connectivity index (χ2v) is 8.36. The molecule has 0 fully saturated rings. The van der Waals surface area contributed by atoms with Crippen LogP contribution >= 0.6 is 0 Å². The molecular formula is C16H25NO3S. The van der Waals surface area contributed by atoms with Crippen LogP contribution in [0.25, 0.3) is 0 Å². The minimum atomic E-state index is -3.20. The lowest BCUT2D eigenvalue weighted by molar-refractivity contribution is 0.100. The SMILES string of the molecule is CC(C)CC[C@@H](O)CN1CCS(=O)(=O)c2ccccc2C1. The molecule has 0 unspecified atom stereocenters. The van der Waals surface area contributed by atoms with Gasteiger partial charge in [-0.3, -0.25) is 4.90 Å². The topological polar surface area (TPSA) is 57.6 Å². The van der Waals surface area contributed by atoms with Crippen LogP contribution in [0, 0.1) is 5.92 Å². The first kappa shape index (κ1) is 16.5. The third-order valence-corrected chi connectivity index (χ3v) is 5.71. The largest absolute Gasteiger partial charge is 0.392 e. The van der Waals surface area contributed by atoms with Crippen molar-refractivity contribution in [3.8, 4) is 0 Å². The Labute approximate surface area is 127 Å². The molecule has 1 N–H and O–H groups in total. The Morgan fingerprint density at radius 3 is 2.67 bits per heavy atom. The van der Waals surface area contributed by atoms with E-state index in [0.29, 0.717) is 30.4 Å². The first-order valence-electron chi connectivity index (χ1n) is 7.59. The second-order valence-electron chi connectivity index (χ2n) is 6.29. The molecule has 0 aliphatic carbocycles. The first-order chi connectivity index (χ1) is 9.88. The van der Waals surface area contributed by atoms with Crippen molar-refractivity contribution in [2.45, 2.75) is 44.2 Å². The van der Waals surface area contributed by atoms with E-state index in [0.717, 1.165) is 18.4 Å². The van der Waals surface area contributed by atoms with Gasteiger partial charge in [-0.05, 0) is 30.4 Å². The van der Waals surface area contributed by atoms with Crippen LogP contribution < -0.4 is 0 Å². The lowest BCUT2D eigenvalue weighted by Gasteiger charge is -2.23. The fourth-order valence-corrected chi connectivity index (χ4v) is 4.22. The van der Waals surface area contributed by atoms with E-state index in [1.807, 2.05) is 17.0 Å². The molecule has 1 aliphatic heterocycles. The first-order valence-corrected chi connectivity index (χ1v) is 9.25. The summed E-state index contributed by atoms with van der Waals surface area (Å²) in [5.41, 5.74) is 0.839. The van der Waals surface area contributed by atoms with Crippen LogP contribution in [0.4, 0.5) is 0 Å². The molecule has 118 valence electrons. The fourth-order valence-electron chi connectivity index (χ4n) is 2.69. The predicted octanol–water partition coefficient (Wildman–Crippen LogP) is 2.07. The van der Waals surface area contributed by atoms with Gasteiger partial charge >= 0.3 is 0 Å². The highest BCUT2D eigenvalue weighted by molar-refractivity contribution is 7.91. The van der Waals surface area contributed by atoms with Gasteiger partial charge in [-0.1, -0.05) is 32.0 Å². The molecule has 0 saturated heterocycles. The molecular weight excluding hydrogens is 286 g/mol. The molecule has 0 spiro atoms. The Bertz CT molecular complexity index is 569. The summed E-state index contributed by atoms with van der Waals surface area (Å²) < 4.78 is 24.5. The van der Waals surface area contributed by atoms with Crippen molar-refractivity contribution in [1.82, 2.24) is 4.90 Å². The molecule has 1 aliphatic rings. The highest BCUT2D eigenvalue weighted by Gasteiger charge is 2.25. The minimum absolute atomic E-state index is 0.126. The predicted molar refractivity (Wildman–Crippen MR) is 83.9 cm³/mol. The quantitative estimate of drug-likeness (QED) is 0.904. The van der Waals surface area contributed by atoms with E-state index in [1.54, 1.807) is 12.1 Å². The van der Waals surface area contributed by atoms with Gasteiger partial charge in [0.2, 0.25) is 0 Å². The molecule has 21 heavy (non-hydrogen) atoms. The molecule has 1 aromatic rings. The van der Waals surface area contributed by atoms with Gasteiger partial charge in [0.25, 0.3) is 0 Å². The van der Waals surface area contributed by atoms with Crippen LogP contribution in [0.2, 0.25) is 0 Å². The molecule has 4 nitrogen and oxygen atoms in total. The Morgan fingerprint density at radius 1 is 1.24 bits per heavy atom. The van der Waals surface area contributed by atoms with E-state index >= 15 is 0 Å². The number of hydrogen-bond donors (Lipinski definition) is 1. The maximum Gasteiger partial charge on any atom is 0.179 e. The number of nitrogens with zero attached hydrogens (tertiary/aromatic N) is 1. The summed E-state index contributed by atoms with van der Waals surface area (Å²) in [6.07, 6.45) is 1.37. The van der Waals surface area contributed by atoms with Crippen LogP contribution in [0.1, 0.15) is 32.3 Å². The van der Waals surface area contributed by atoms with Crippen molar-refractivity contribution in [3.05, 3.63) is 29.8 Å². The lowest BCUT2D eigenvalue weighted by atomic mass is 10.0. The molecule has 5 heteroatoms. The van der Waals surface area contributed by atoms with E-state index < -0.39 is 9.84 Å². The van der Waals surface area contributed by atoms with Gasteiger partial charge in [0.05, 0.1) is 16.8 Å². The van der Waals surface area contributed by atoms with Gasteiger partial charge in [0, 0.05) is 19.6 Å². The van der Waals surface area contributed by atoms with Crippen LogP contribution in [-0.4, -0.2) is 43.4 Å². The zero-order valence-electron chi connectivity index (χ0n) is 12.8. The molecule has 0 radical (unpaired) electrons. The van der Waals surface area contributed by atoms with Crippen molar-refractivity contribution >= 4 is 9.84 Å². The number of fused-ring (bicyclic) bond motifs is 1. The van der Waals surface area contributed by atoms with Gasteiger partial charge in [0.15, 0.2) is 9.84 Å². The summed E-state index contributed by atoms with van der Waals surface area (Å²) in [7, 11) is -3.20. The number of aliphatic hydroxyl groups excluding tert-OH is 1. The summed E-state index contributed by atoms with van der Waals surface area (Å²) in [5.74, 6) is 0.700. The highest BCUT2D eigenvalue weighted by Crippen LogP contribution is 2.22. The minimum Gasteiger partial charge on any atom is -0.392 e. The summed E-state index contributed by atoms with van der Waals surface area (Å²) in [5, 5.41) is 10.1. The maximum absolute atomic E-state index is 12.3. The number of aliphatic hydroxyl groups is 1. The molecule has 0 bridgehead atoms. The Balaban J connectivity index is 2.05. The van der Waals surface area contributed by atoms with E-state index in [9.17, 15) is 13.5 Å². The van der Waals surface area contributed by atoms with Crippen molar-refractivity contribution < 1.29 is 13.5 Å². The van der Waals surface area contributed by atoms with Crippen molar-refractivity contribution in [1.29, 1.82) is 0 Å². The van der Waals surface area contributed by atoms with Crippen molar-refractivity contribution in [2.75, 3.05) is 18.8 Å². The molecule has 0 amide bonds. The Morgan fingerprint density at radius 2 is 1.95 bits per heavy atom. The lowest BCUT2D eigenvalue weighted by Crippen LogP contribution is -2.34. The second kappa shape index (κ2) is 6.90. The van der Waals surface area contributed by atoms with Crippen LogP contribution in [-0.2, 0) is 16.4 Å². The number of rotatable bonds is 5. The van der Waals surface area contributed by atoms with Crippen molar-refractivity contribution in [3.63, 3.8) is 0 Å². The third kappa shape index (κ3) is 4.53.